The lowest BCUT2D eigenvalue weighted by atomic mass is 10.2. The fourth-order valence-electron chi connectivity index (χ4n) is 1.56. The molecule has 0 spiro atoms. The van der Waals surface area contributed by atoms with E-state index in [-0.39, 0.29) is 5.97 Å². The summed E-state index contributed by atoms with van der Waals surface area (Å²) in [5.74, 6) is -0.284. The Hall–Kier alpha value is -1.06. The zero-order valence-corrected chi connectivity index (χ0v) is 11.1. The van der Waals surface area contributed by atoms with Gasteiger partial charge in [-0.3, -0.25) is 0 Å². The molecule has 0 bridgehead atoms. The summed E-state index contributed by atoms with van der Waals surface area (Å²) in [6.07, 6.45) is 0. The summed E-state index contributed by atoms with van der Waals surface area (Å²) < 4.78 is 5.20. The van der Waals surface area contributed by atoms with Crippen LogP contribution < -0.4 is 4.90 Å². The van der Waals surface area contributed by atoms with Crippen molar-refractivity contribution in [1.82, 2.24) is 0 Å². The Bertz CT molecular complexity index is 347. The zero-order valence-electron chi connectivity index (χ0n) is 10.3. The number of ether oxygens (including phenoxy) is 1. The first-order valence-electron chi connectivity index (χ1n) is 5.93. The van der Waals surface area contributed by atoms with Gasteiger partial charge in [-0.1, -0.05) is 11.6 Å². The minimum atomic E-state index is -0.284. The normalized spacial score (nSPS) is 10.6. The van der Waals surface area contributed by atoms with Gasteiger partial charge in [-0.05, 0) is 38.1 Å². The molecule has 0 unspecified atom stereocenters. The number of hydrogen-bond donors (Lipinski definition) is 1. The summed E-state index contributed by atoms with van der Waals surface area (Å²) >= 11 is 5.74. The molecular formula is C13H19ClNO2+. The summed E-state index contributed by atoms with van der Waals surface area (Å²) in [6.45, 7) is 7.66. The maximum absolute atomic E-state index is 11.6. The third kappa shape index (κ3) is 4.75. The van der Waals surface area contributed by atoms with E-state index < -0.39 is 0 Å². The van der Waals surface area contributed by atoms with Crippen molar-refractivity contribution >= 4 is 17.6 Å². The molecule has 0 aliphatic rings. The molecule has 0 amide bonds. The van der Waals surface area contributed by atoms with E-state index in [2.05, 4.69) is 13.8 Å². The largest absolute Gasteiger partial charge is 0.456 e. The maximum atomic E-state index is 11.6. The first kappa shape index (κ1) is 14.0. The van der Waals surface area contributed by atoms with Crippen molar-refractivity contribution in [3.8, 4) is 0 Å². The fourth-order valence-corrected chi connectivity index (χ4v) is 1.69. The molecule has 1 aromatic rings. The highest BCUT2D eigenvalue weighted by atomic mass is 35.5. The first-order valence-corrected chi connectivity index (χ1v) is 6.31. The summed E-state index contributed by atoms with van der Waals surface area (Å²) in [5.41, 5.74) is 0.545. The Morgan fingerprint density at radius 1 is 1.24 bits per heavy atom. The molecule has 0 saturated heterocycles. The molecule has 1 aromatic carbocycles. The molecule has 94 valence electrons. The van der Waals surface area contributed by atoms with Crippen LogP contribution in [-0.4, -0.2) is 32.2 Å². The number of hydrogen-bond acceptors (Lipinski definition) is 2. The third-order valence-electron chi connectivity index (χ3n) is 2.77. The second-order valence-electron chi connectivity index (χ2n) is 3.85. The smallest absolute Gasteiger partial charge is 0.338 e. The van der Waals surface area contributed by atoms with E-state index >= 15 is 0 Å². The standard InChI is InChI=1S/C13H18ClNO2/c1-3-15(4-2)9-10-17-13(16)11-5-7-12(14)8-6-11/h5-8H,3-4,9-10H2,1-2H3/p+1. The van der Waals surface area contributed by atoms with E-state index in [1.165, 1.54) is 4.90 Å². The predicted molar refractivity (Wildman–Crippen MR) is 68.6 cm³/mol. The van der Waals surface area contributed by atoms with E-state index in [0.29, 0.717) is 17.2 Å². The highest BCUT2D eigenvalue weighted by molar-refractivity contribution is 6.30. The average Bonchev–Trinajstić information content (AvgIpc) is 2.35. The van der Waals surface area contributed by atoms with E-state index in [0.717, 1.165) is 19.6 Å². The van der Waals surface area contributed by atoms with Gasteiger partial charge in [-0.2, -0.15) is 0 Å². The zero-order chi connectivity index (χ0) is 12.7. The minimum Gasteiger partial charge on any atom is -0.456 e. The second kappa shape index (κ2) is 7.30. The molecular weight excluding hydrogens is 238 g/mol. The van der Waals surface area contributed by atoms with Crippen molar-refractivity contribution in [3.63, 3.8) is 0 Å². The van der Waals surface area contributed by atoms with Gasteiger partial charge < -0.3 is 9.64 Å². The number of nitrogens with one attached hydrogen (secondary N) is 1. The van der Waals surface area contributed by atoms with E-state index in [9.17, 15) is 4.79 Å². The number of carbonyl (C=O) groups is 1. The topological polar surface area (TPSA) is 30.7 Å². The van der Waals surface area contributed by atoms with Gasteiger partial charge in [0.1, 0.15) is 13.2 Å². The molecule has 0 fully saturated rings. The Labute approximate surface area is 107 Å². The third-order valence-corrected chi connectivity index (χ3v) is 3.02. The van der Waals surface area contributed by atoms with Gasteiger partial charge in [0.2, 0.25) is 0 Å². The molecule has 1 N–H and O–H groups in total. The number of halogens is 1. The quantitative estimate of drug-likeness (QED) is 0.781. The van der Waals surface area contributed by atoms with E-state index in [1.54, 1.807) is 24.3 Å². The molecule has 1 rings (SSSR count). The second-order valence-corrected chi connectivity index (χ2v) is 4.29. The van der Waals surface area contributed by atoms with Crippen molar-refractivity contribution in [2.45, 2.75) is 13.8 Å². The summed E-state index contributed by atoms with van der Waals surface area (Å²) in [6, 6.07) is 6.73. The number of rotatable bonds is 6. The predicted octanol–water partition coefficient (Wildman–Crippen LogP) is 1.42. The van der Waals surface area contributed by atoms with Crippen LogP contribution in [0.1, 0.15) is 24.2 Å². The summed E-state index contributed by atoms with van der Waals surface area (Å²) in [4.78, 5) is 13.1. The molecule has 0 aliphatic carbocycles. The van der Waals surface area contributed by atoms with Gasteiger partial charge in [-0.25, -0.2) is 4.79 Å². The molecule has 0 atom stereocenters. The first-order chi connectivity index (χ1) is 8.17. The van der Waals surface area contributed by atoms with Crippen LogP contribution in [0.5, 0.6) is 0 Å². The van der Waals surface area contributed by atoms with Crippen LogP contribution in [0.15, 0.2) is 24.3 Å². The number of esters is 1. The van der Waals surface area contributed by atoms with Crippen LogP contribution in [0, 0.1) is 0 Å². The Kier molecular flexibility index (Phi) is 6.01. The summed E-state index contributed by atoms with van der Waals surface area (Å²) in [7, 11) is 0. The van der Waals surface area contributed by atoms with Gasteiger partial charge in [0.05, 0.1) is 18.7 Å². The van der Waals surface area contributed by atoms with Crippen LogP contribution >= 0.6 is 11.6 Å². The van der Waals surface area contributed by atoms with Gasteiger partial charge >= 0.3 is 5.97 Å². The molecule has 17 heavy (non-hydrogen) atoms. The van der Waals surface area contributed by atoms with Crippen LogP contribution in [-0.2, 0) is 4.74 Å². The maximum Gasteiger partial charge on any atom is 0.338 e. The average molecular weight is 257 g/mol. The van der Waals surface area contributed by atoms with Crippen molar-refractivity contribution in [3.05, 3.63) is 34.9 Å². The molecule has 3 nitrogen and oxygen atoms in total. The Morgan fingerprint density at radius 3 is 2.35 bits per heavy atom. The highest BCUT2D eigenvalue weighted by Gasteiger charge is 2.08. The van der Waals surface area contributed by atoms with Crippen molar-refractivity contribution < 1.29 is 14.4 Å². The molecule has 4 heteroatoms. The SMILES string of the molecule is CC[NH+](CC)CCOC(=O)c1ccc(Cl)cc1. The van der Waals surface area contributed by atoms with Gasteiger partial charge in [0.15, 0.2) is 0 Å². The monoisotopic (exact) mass is 256 g/mol. The number of benzene rings is 1. The van der Waals surface area contributed by atoms with Crippen LogP contribution in [0.3, 0.4) is 0 Å². The lowest BCUT2D eigenvalue weighted by Crippen LogP contribution is -3.11. The van der Waals surface area contributed by atoms with E-state index in [4.69, 9.17) is 16.3 Å². The van der Waals surface area contributed by atoms with Gasteiger partial charge in [0, 0.05) is 5.02 Å². The Morgan fingerprint density at radius 2 is 1.82 bits per heavy atom. The molecule has 0 aliphatic heterocycles. The number of carbonyl (C=O) groups excluding carboxylic acids is 1. The van der Waals surface area contributed by atoms with Crippen LogP contribution in [0.2, 0.25) is 5.02 Å². The molecule has 0 aromatic heterocycles. The molecule has 0 radical (unpaired) electrons. The number of quaternary nitrogens is 1. The van der Waals surface area contributed by atoms with Crippen molar-refractivity contribution in [2.75, 3.05) is 26.2 Å². The van der Waals surface area contributed by atoms with Crippen LogP contribution in [0.25, 0.3) is 0 Å². The van der Waals surface area contributed by atoms with Crippen LogP contribution in [0.4, 0.5) is 0 Å². The lowest BCUT2D eigenvalue weighted by Gasteiger charge is -2.14. The fraction of sp³-hybridized carbons (Fsp3) is 0.462. The Balaban J connectivity index is 2.37. The molecule has 0 heterocycles. The van der Waals surface area contributed by atoms with Gasteiger partial charge in [-0.15, -0.1) is 0 Å². The number of likely N-dealkylation sites (N-methyl/N-ethyl adjacent to an activating group) is 1. The van der Waals surface area contributed by atoms with Crippen molar-refractivity contribution in [1.29, 1.82) is 0 Å². The minimum absolute atomic E-state index is 0.284. The highest BCUT2D eigenvalue weighted by Crippen LogP contribution is 2.10. The van der Waals surface area contributed by atoms with E-state index in [1.807, 2.05) is 0 Å². The molecule has 0 saturated carbocycles. The van der Waals surface area contributed by atoms with Crippen molar-refractivity contribution in [2.24, 2.45) is 0 Å². The summed E-state index contributed by atoms with van der Waals surface area (Å²) in [5, 5.41) is 0.620. The van der Waals surface area contributed by atoms with Gasteiger partial charge in [0.25, 0.3) is 0 Å². The lowest BCUT2D eigenvalue weighted by molar-refractivity contribution is -0.896.